The average molecular weight is 312 g/mol. The van der Waals surface area contributed by atoms with Crippen molar-refractivity contribution < 1.29 is 9.21 Å². The van der Waals surface area contributed by atoms with Crippen LogP contribution in [0.25, 0.3) is 0 Å². The van der Waals surface area contributed by atoms with Crippen LogP contribution in [-0.2, 0) is 7.05 Å². The molecule has 3 heterocycles. The lowest BCUT2D eigenvalue weighted by Gasteiger charge is -2.16. The van der Waals surface area contributed by atoms with Crippen molar-refractivity contribution in [3.8, 4) is 0 Å². The fraction of sp³-hybridized carbons (Fsp3) is 0.188. The van der Waals surface area contributed by atoms with Crippen molar-refractivity contribution in [3.05, 3.63) is 76.9 Å². The molecule has 0 radical (unpaired) electrons. The van der Waals surface area contributed by atoms with E-state index in [1.807, 2.05) is 6.07 Å². The molecular formula is C16H16N4O3. The second-order valence-electron chi connectivity index (χ2n) is 5.07. The quantitative estimate of drug-likeness (QED) is 0.767. The summed E-state index contributed by atoms with van der Waals surface area (Å²) in [4.78, 5) is 24.3. The summed E-state index contributed by atoms with van der Waals surface area (Å²) >= 11 is 0. The zero-order valence-corrected chi connectivity index (χ0v) is 12.5. The summed E-state index contributed by atoms with van der Waals surface area (Å²) in [6, 6.07) is 8.28. The first-order valence-electron chi connectivity index (χ1n) is 7.13. The number of pyridine rings is 1. The summed E-state index contributed by atoms with van der Waals surface area (Å²) in [5.41, 5.74) is -0.229. The number of carbonyl (C=O) groups excluding carboxylic acids is 1. The number of amides is 1. The van der Waals surface area contributed by atoms with E-state index in [2.05, 4.69) is 10.4 Å². The molecule has 3 rings (SSSR count). The molecule has 3 aromatic heterocycles. The number of nitrogens with zero attached hydrogens (tertiary/aromatic N) is 3. The van der Waals surface area contributed by atoms with Crippen LogP contribution in [0, 0.1) is 0 Å². The zero-order chi connectivity index (χ0) is 16.2. The third-order valence-electron chi connectivity index (χ3n) is 3.54. The Morgan fingerprint density at radius 3 is 2.87 bits per heavy atom. The Kier molecular flexibility index (Phi) is 4.09. The Balaban J connectivity index is 1.78. The molecule has 0 aliphatic rings. The van der Waals surface area contributed by atoms with Gasteiger partial charge in [0, 0.05) is 32.2 Å². The van der Waals surface area contributed by atoms with Gasteiger partial charge in [-0.05, 0) is 30.3 Å². The maximum Gasteiger partial charge on any atom is 0.263 e. The molecule has 0 aliphatic heterocycles. The number of hydrogen-bond donors (Lipinski definition) is 1. The van der Waals surface area contributed by atoms with E-state index in [4.69, 9.17) is 4.42 Å². The summed E-state index contributed by atoms with van der Waals surface area (Å²) in [5, 5.41) is 6.96. The molecule has 1 amide bonds. The average Bonchev–Trinajstić information content (AvgIpc) is 3.24. The van der Waals surface area contributed by atoms with Gasteiger partial charge in [-0.15, -0.1) is 0 Å². The van der Waals surface area contributed by atoms with E-state index in [1.54, 1.807) is 54.8 Å². The van der Waals surface area contributed by atoms with E-state index in [0.717, 1.165) is 0 Å². The fourth-order valence-electron chi connectivity index (χ4n) is 2.33. The summed E-state index contributed by atoms with van der Waals surface area (Å²) in [5.74, 6) is 0.255. The SMILES string of the molecule is Cn1cccc(C(=O)NCC(c2ccco2)n2cccn2)c1=O. The van der Waals surface area contributed by atoms with Crippen molar-refractivity contribution >= 4 is 5.91 Å². The van der Waals surface area contributed by atoms with E-state index in [0.29, 0.717) is 5.76 Å². The smallest absolute Gasteiger partial charge is 0.263 e. The van der Waals surface area contributed by atoms with Gasteiger partial charge in [0.15, 0.2) is 0 Å². The van der Waals surface area contributed by atoms with Crippen molar-refractivity contribution in [2.45, 2.75) is 6.04 Å². The van der Waals surface area contributed by atoms with Crippen LogP contribution in [0.15, 0.2) is 64.4 Å². The van der Waals surface area contributed by atoms with E-state index >= 15 is 0 Å². The number of nitrogens with one attached hydrogen (secondary N) is 1. The number of furan rings is 1. The molecule has 3 aromatic rings. The molecule has 0 aliphatic carbocycles. The first kappa shape index (κ1) is 14.8. The summed E-state index contributed by atoms with van der Waals surface area (Å²) in [6.07, 6.45) is 6.63. The predicted molar refractivity (Wildman–Crippen MR) is 83.1 cm³/mol. The van der Waals surface area contributed by atoms with Crippen molar-refractivity contribution in [2.75, 3.05) is 6.54 Å². The molecule has 1 N–H and O–H groups in total. The molecule has 118 valence electrons. The summed E-state index contributed by atoms with van der Waals surface area (Å²) in [6.45, 7) is 0.256. The monoisotopic (exact) mass is 312 g/mol. The Morgan fingerprint density at radius 2 is 2.17 bits per heavy atom. The Hall–Kier alpha value is -3.09. The van der Waals surface area contributed by atoms with Crippen molar-refractivity contribution in [3.63, 3.8) is 0 Å². The molecule has 1 unspecified atom stereocenters. The second kappa shape index (κ2) is 6.35. The molecule has 0 fully saturated rings. The van der Waals surface area contributed by atoms with Gasteiger partial charge in [-0.1, -0.05) is 0 Å². The van der Waals surface area contributed by atoms with Gasteiger partial charge in [-0.25, -0.2) is 0 Å². The van der Waals surface area contributed by atoms with E-state index in [-0.39, 0.29) is 23.7 Å². The van der Waals surface area contributed by atoms with Gasteiger partial charge < -0.3 is 14.3 Å². The lowest BCUT2D eigenvalue weighted by Crippen LogP contribution is -2.35. The highest BCUT2D eigenvalue weighted by Crippen LogP contribution is 2.17. The zero-order valence-electron chi connectivity index (χ0n) is 12.5. The number of aromatic nitrogens is 3. The molecule has 0 spiro atoms. The minimum absolute atomic E-state index is 0.105. The van der Waals surface area contributed by atoms with Crippen molar-refractivity contribution in [1.29, 1.82) is 0 Å². The Bertz CT molecular complexity index is 800. The standard InChI is InChI=1S/C16H16N4O3/c1-19-8-2-5-12(16(19)22)15(21)17-11-13(14-6-3-10-23-14)20-9-4-7-18-20/h2-10,13H,11H2,1H3,(H,17,21). The first-order chi connectivity index (χ1) is 11.2. The molecule has 1 atom stereocenters. The molecule has 0 saturated heterocycles. The Morgan fingerprint density at radius 1 is 1.30 bits per heavy atom. The number of hydrogen-bond acceptors (Lipinski definition) is 4. The predicted octanol–water partition coefficient (Wildman–Crippen LogP) is 1.19. The molecule has 0 aromatic carbocycles. The minimum Gasteiger partial charge on any atom is -0.467 e. The van der Waals surface area contributed by atoms with Crippen LogP contribution >= 0.6 is 0 Å². The largest absolute Gasteiger partial charge is 0.467 e. The maximum absolute atomic E-state index is 12.3. The van der Waals surface area contributed by atoms with Gasteiger partial charge in [0.2, 0.25) is 0 Å². The van der Waals surface area contributed by atoms with Crippen molar-refractivity contribution in [1.82, 2.24) is 19.7 Å². The van der Waals surface area contributed by atoms with Crippen LogP contribution in [0.3, 0.4) is 0 Å². The lowest BCUT2D eigenvalue weighted by molar-refractivity contribution is 0.0946. The highest BCUT2D eigenvalue weighted by atomic mass is 16.3. The van der Waals surface area contributed by atoms with Gasteiger partial charge in [-0.3, -0.25) is 14.3 Å². The maximum atomic E-state index is 12.3. The van der Waals surface area contributed by atoms with Gasteiger partial charge in [0.05, 0.1) is 6.26 Å². The highest BCUT2D eigenvalue weighted by molar-refractivity contribution is 5.93. The lowest BCUT2D eigenvalue weighted by atomic mass is 10.2. The third-order valence-corrected chi connectivity index (χ3v) is 3.54. The molecule has 23 heavy (non-hydrogen) atoms. The molecule has 0 saturated carbocycles. The normalized spacial score (nSPS) is 12.0. The molecule has 7 heteroatoms. The topological polar surface area (TPSA) is 82.1 Å². The molecule has 7 nitrogen and oxygen atoms in total. The summed E-state index contributed by atoms with van der Waals surface area (Å²) < 4.78 is 8.49. The van der Waals surface area contributed by atoms with Gasteiger partial charge in [0.25, 0.3) is 11.5 Å². The number of aryl methyl sites for hydroxylation is 1. The van der Waals surface area contributed by atoms with Gasteiger partial charge >= 0.3 is 0 Å². The van der Waals surface area contributed by atoms with Crippen LogP contribution in [0.1, 0.15) is 22.2 Å². The van der Waals surface area contributed by atoms with E-state index < -0.39 is 5.91 Å². The van der Waals surface area contributed by atoms with Crippen LogP contribution in [0.4, 0.5) is 0 Å². The minimum atomic E-state index is -0.421. The van der Waals surface area contributed by atoms with Crippen LogP contribution in [-0.4, -0.2) is 26.8 Å². The Labute approximate surface area is 132 Å². The van der Waals surface area contributed by atoms with Crippen LogP contribution in [0.2, 0.25) is 0 Å². The number of carbonyl (C=O) groups is 1. The number of rotatable bonds is 5. The van der Waals surface area contributed by atoms with E-state index in [9.17, 15) is 9.59 Å². The third kappa shape index (κ3) is 3.08. The summed E-state index contributed by atoms with van der Waals surface area (Å²) in [7, 11) is 1.61. The first-order valence-corrected chi connectivity index (χ1v) is 7.13. The second-order valence-corrected chi connectivity index (χ2v) is 5.07. The molecular weight excluding hydrogens is 296 g/mol. The molecule has 0 bridgehead atoms. The fourth-order valence-corrected chi connectivity index (χ4v) is 2.33. The van der Waals surface area contributed by atoms with Gasteiger partial charge in [0.1, 0.15) is 17.4 Å². The van der Waals surface area contributed by atoms with Crippen LogP contribution in [0.5, 0.6) is 0 Å². The van der Waals surface area contributed by atoms with Gasteiger partial charge in [-0.2, -0.15) is 5.10 Å². The van der Waals surface area contributed by atoms with Crippen molar-refractivity contribution in [2.24, 2.45) is 7.05 Å². The van der Waals surface area contributed by atoms with Crippen LogP contribution < -0.4 is 10.9 Å². The van der Waals surface area contributed by atoms with E-state index in [1.165, 1.54) is 10.6 Å². The highest BCUT2D eigenvalue weighted by Gasteiger charge is 2.19.